The molecule has 1 unspecified atom stereocenters. The second-order valence-electron chi connectivity index (χ2n) is 4.30. The predicted octanol–water partition coefficient (Wildman–Crippen LogP) is 2.25. The summed E-state index contributed by atoms with van der Waals surface area (Å²) in [4.78, 5) is 22.1. The molecule has 0 aliphatic carbocycles. The summed E-state index contributed by atoms with van der Waals surface area (Å²) in [6.07, 6.45) is 2.37. The van der Waals surface area contributed by atoms with Gasteiger partial charge in [0, 0.05) is 25.4 Å². The monoisotopic (exact) mass is 275 g/mol. The maximum Gasteiger partial charge on any atom is 0.341 e. The molecule has 2 rings (SSSR count). The number of aryl methyl sites for hydroxylation is 1. The highest BCUT2D eigenvalue weighted by Crippen LogP contribution is 2.22. The van der Waals surface area contributed by atoms with E-state index in [2.05, 4.69) is 5.10 Å². The summed E-state index contributed by atoms with van der Waals surface area (Å²) in [5.74, 6) is -0.517. The molecule has 0 N–H and O–H groups in total. The number of benzene rings is 1. The lowest BCUT2D eigenvalue weighted by Gasteiger charge is -2.12. The fourth-order valence-corrected chi connectivity index (χ4v) is 1.71. The van der Waals surface area contributed by atoms with Crippen molar-refractivity contribution in [2.24, 2.45) is 7.05 Å². The first kappa shape index (κ1) is 13.7. The van der Waals surface area contributed by atoms with Gasteiger partial charge in [-0.25, -0.2) is 4.79 Å². The number of rotatable bonds is 4. The summed E-state index contributed by atoms with van der Waals surface area (Å²) in [5.41, 5.74) is 0.869. The van der Waals surface area contributed by atoms with Crippen LogP contribution in [0, 0.1) is 10.1 Å². The van der Waals surface area contributed by atoms with Crippen LogP contribution in [0.25, 0.3) is 0 Å². The van der Waals surface area contributed by atoms with Crippen LogP contribution in [-0.2, 0) is 11.8 Å². The second kappa shape index (κ2) is 5.52. The molecule has 0 saturated heterocycles. The molecule has 20 heavy (non-hydrogen) atoms. The molecule has 1 heterocycles. The quantitative estimate of drug-likeness (QED) is 0.485. The molecular weight excluding hydrogens is 262 g/mol. The molecule has 0 radical (unpaired) electrons. The smallest absolute Gasteiger partial charge is 0.341 e. The molecular formula is C13H13N3O4. The van der Waals surface area contributed by atoms with Crippen LogP contribution in [-0.4, -0.2) is 20.7 Å². The average Bonchev–Trinajstić information content (AvgIpc) is 2.85. The van der Waals surface area contributed by atoms with Gasteiger partial charge < -0.3 is 4.74 Å². The molecule has 2 aromatic rings. The van der Waals surface area contributed by atoms with Crippen molar-refractivity contribution in [3.63, 3.8) is 0 Å². The highest BCUT2D eigenvalue weighted by atomic mass is 16.6. The highest BCUT2D eigenvalue weighted by molar-refractivity contribution is 5.88. The number of hydrogen-bond donors (Lipinski definition) is 0. The largest absolute Gasteiger partial charge is 0.454 e. The fraction of sp³-hybridized carbons (Fsp3) is 0.231. The van der Waals surface area contributed by atoms with E-state index in [4.69, 9.17) is 4.74 Å². The summed E-state index contributed by atoms with van der Waals surface area (Å²) < 4.78 is 6.75. The zero-order chi connectivity index (χ0) is 14.7. The van der Waals surface area contributed by atoms with Gasteiger partial charge in [-0.3, -0.25) is 14.8 Å². The summed E-state index contributed by atoms with van der Waals surface area (Å²) in [7, 11) is 1.70. The number of nitrogens with zero attached hydrogens (tertiary/aromatic N) is 3. The lowest BCUT2D eigenvalue weighted by molar-refractivity contribution is -0.385. The Kier molecular flexibility index (Phi) is 3.79. The molecule has 0 aliphatic heterocycles. The molecule has 7 nitrogen and oxygen atoms in total. The highest BCUT2D eigenvalue weighted by Gasteiger charge is 2.17. The summed E-state index contributed by atoms with van der Waals surface area (Å²) in [6.45, 7) is 1.66. The standard InChI is InChI=1S/C13H13N3O4/c1-9(10-4-3-5-12(6-10)16(18)19)20-13(17)11-7-14-15(2)8-11/h3-9H,1-2H3. The van der Waals surface area contributed by atoms with Crippen LogP contribution >= 0.6 is 0 Å². The third-order valence-corrected chi connectivity index (χ3v) is 2.77. The Bertz CT molecular complexity index is 651. The molecule has 1 atom stereocenters. The van der Waals surface area contributed by atoms with Gasteiger partial charge in [0.05, 0.1) is 16.7 Å². The van der Waals surface area contributed by atoms with Gasteiger partial charge in [0.25, 0.3) is 5.69 Å². The molecule has 1 aromatic carbocycles. The van der Waals surface area contributed by atoms with Crippen LogP contribution < -0.4 is 0 Å². The van der Waals surface area contributed by atoms with Crippen LogP contribution in [0.5, 0.6) is 0 Å². The molecule has 0 bridgehead atoms. The first-order valence-electron chi connectivity index (χ1n) is 5.91. The van der Waals surface area contributed by atoms with E-state index in [0.717, 1.165) is 0 Å². The maximum absolute atomic E-state index is 11.9. The SMILES string of the molecule is CC(OC(=O)c1cnn(C)c1)c1cccc([N+](=O)[O-])c1. The minimum atomic E-state index is -0.581. The lowest BCUT2D eigenvalue weighted by Crippen LogP contribution is -2.08. The molecule has 0 fully saturated rings. The van der Waals surface area contributed by atoms with E-state index in [1.807, 2.05) is 0 Å². The van der Waals surface area contributed by atoms with Crippen LogP contribution in [0.2, 0.25) is 0 Å². The van der Waals surface area contributed by atoms with E-state index in [0.29, 0.717) is 11.1 Å². The predicted molar refractivity (Wildman–Crippen MR) is 70.1 cm³/mol. The van der Waals surface area contributed by atoms with Gasteiger partial charge >= 0.3 is 5.97 Å². The summed E-state index contributed by atoms with van der Waals surface area (Å²) >= 11 is 0. The lowest BCUT2D eigenvalue weighted by atomic mass is 10.1. The van der Waals surface area contributed by atoms with Gasteiger partial charge in [-0.2, -0.15) is 5.10 Å². The van der Waals surface area contributed by atoms with Gasteiger partial charge in [-0.05, 0) is 12.5 Å². The number of esters is 1. The molecule has 104 valence electrons. The topological polar surface area (TPSA) is 87.3 Å². The second-order valence-corrected chi connectivity index (χ2v) is 4.30. The van der Waals surface area contributed by atoms with Crippen LogP contribution in [0.1, 0.15) is 28.9 Å². The number of carbonyl (C=O) groups excluding carboxylic acids is 1. The van der Waals surface area contributed by atoms with E-state index in [1.54, 1.807) is 32.3 Å². The summed E-state index contributed by atoms with van der Waals surface area (Å²) in [6, 6.07) is 6.01. The Morgan fingerprint density at radius 3 is 2.85 bits per heavy atom. The third kappa shape index (κ3) is 3.00. The number of nitro benzene ring substituents is 1. The number of non-ortho nitro benzene ring substituents is 1. The van der Waals surface area contributed by atoms with Crippen molar-refractivity contribution < 1.29 is 14.5 Å². The van der Waals surface area contributed by atoms with Crippen molar-refractivity contribution in [2.45, 2.75) is 13.0 Å². The van der Waals surface area contributed by atoms with Gasteiger partial charge in [0.2, 0.25) is 0 Å². The molecule has 7 heteroatoms. The first-order valence-corrected chi connectivity index (χ1v) is 5.91. The fourth-order valence-electron chi connectivity index (χ4n) is 1.71. The van der Waals surface area contributed by atoms with E-state index in [1.165, 1.54) is 23.0 Å². The van der Waals surface area contributed by atoms with Gasteiger partial charge in [0.1, 0.15) is 6.10 Å². The molecule has 1 aromatic heterocycles. The Balaban J connectivity index is 2.12. The van der Waals surface area contributed by atoms with Crippen LogP contribution in [0.15, 0.2) is 36.7 Å². The van der Waals surface area contributed by atoms with Crippen molar-refractivity contribution in [2.75, 3.05) is 0 Å². The average molecular weight is 275 g/mol. The Labute approximate surface area is 114 Å². The number of carbonyl (C=O) groups is 1. The van der Waals surface area contributed by atoms with Gasteiger partial charge in [-0.1, -0.05) is 12.1 Å². The van der Waals surface area contributed by atoms with Crippen molar-refractivity contribution in [3.8, 4) is 0 Å². The number of aromatic nitrogens is 2. The third-order valence-electron chi connectivity index (χ3n) is 2.77. The minimum absolute atomic E-state index is 0.0354. The van der Waals surface area contributed by atoms with Crippen molar-refractivity contribution in [3.05, 3.63) is 57.9 Å². The van der Waals surface area contributed by atoms with Crippen molar-refractivity contribution >= 4 is 11.7 Å². The first-order chi connectivity index (χ1) is 9.47. The molecule has 0 saturated carbocycles. The zero-order valence-corrected chi connectivity index (χ0v) is 11.0. The van der Waals surface area contributed by atoms with Crippen molar-refractivity contribution in [1.29, 1.82) is 0 Å². The Hall–Kier alpha value is -2.70. The van der Waals surface area contributed by atoms with E-state index in [9.17, 15) is 14.9 Å². The molecule has 0 aliphatic rings. The number of hydrogen-bond acceptors (Lipinski definition) is 5. The maximum atomic E-state index is 11.9. The van der Waals surface area contributed by atoms with Crippen molar-refractivity contribution in [1.82, 2.24) is 9.78 Å². The van der Waals surface area contributed by atoms with Gasteiger partial charge in [0.15, 0.2) is 0 Å². The van der Waals surface area contributed by atoms with E-state index >= 15 is 0 Å². The Morgan fingerprint density at radius 2 is 2.25 bits per heavy atom. The van der Waals surface area contributed by atoms with Crippen LogP contribution in [0.3, 0.4) is 0 Å². The van der Waals surface area contributed by atoms with E-state index in [-0.39, 0.29) is 5.69 Å². The minimum Gasteiger partial charge on any atom is -0.454 e. The molecule has 0 spiro atoms. The zero-order valence-electron chi connectivity index (χ0n) is 11.0. The van der Waals surface area contributed by atoms with Gasteiger partial charge in [-0.15, -0.1) is 0 Å². The number of ether oxygens (including phenoxy) is 1. The molecule has 0 amide bonds. The summed E-state index contributed by atoms with van der Waals surface area (Å²) in [5, 5.41) is 14.6. The van der Waals surface area contributed by atoms with Crippen LogP contribution in [0.4, 0.5) is 5.69 Å². The Morgan fingerprint density at radius 1 is 1.50 bits per heavy atom. The number of nitro groups is 1. The van der Waals surface area contributed by atoms with E-state index < -0.39 is 17.0 Å². The normalized spacial score (nSPS) is 11.9.